The van der Waals surface area contributed by atoms with Gasteiger partial charge in [-0.15, -0.1) is 0 Å². The number of para-hydroxylation sites is 1. The summed E-state index contributed by atoms with van der Waals surface area (Å²) in [5.41, 5.74) is 6.13. The maximum Gasteiger partial charge on any atom is 0.308 e. The molecule has 3 rings (SSSR count). The number of ether oxygens (including phenoxy) is 3. The van der Waals surface area contributed by atoms with Gasteiger partial charge in [0, 0.05) is 32.0 Å². The number of aromatic hydroxyl groups is 1. The number of hydrogen-bond donors (Lipinski definition) is 2. The van der Waals surface area contributed by atoms with Crippen molar-refractivity contribution in [3.05, 3.63) is 84.2 Å². The summed E-state index contributed by atoms with van der Waals surface area (Å²) in [6.45, 7) is 4.93. The van der Waals surface area contributed by atoms with E-state index in [1.807, 2.05) is 43.3 Å². The molecule has 0 aliphatic rings. The van der Waals surface area contributed by atoms with Crippen molar-refractivity contribution in [1.29, 1.82) is 0 Å². The second-order valence-electron chi connectivity index (χ2n) is 7.33. The molecule has 1 amide bonds. The molecule has 0 bridgehead atoms. The molecule has 9 nitrogen and oxygen atoms in total. The quantitative estimate of drug-likeness (QED) is 0.467. The minimum absolute atomic E-state index is 0.0372. The van der Waals surface area contributed by atoms with E-state index in [1.165, 1.54) is 31.9 Å². The van der Waals surface area contributed by atoms with Crippen molar-refractivity contribution in [1.82, 2.24) is 4.98 Å². The molecule has 2 aromatic carbocycles. The van der Waals surface area contributed by atoms with E-state index < -0.39 is 11.9 Å². The van der Waals surface area contributed by atoms with E-state index in [9.17, 15) is 14.4 Å². The van der Waals surface area contributed by atoms with Gasteiger partial charge in [-0.25, -0.2) is 4.98 Å². The largest absolute Gasteiger partial charge is 0.508 e. The number of pyridine rings is 1. The zero-order chi connectivity index (χ0) is 26.9. The molecule has 0 fully saturated rings. The predicted molar refractivity (Wildman–Crippen MR) is 135 cm³/mol. The van der Waals surface area contributed by atoms with Crippen molar-refractivity contribution >= 4 is 17.8 Å². The van der Waals surface area contributed by atoms with Crippen molar-refractivity contribution in [2.24, 2.45) is 5.73 Å². The number of hydrogen-bond acceptors (Lipinski definition) is 8. The normalized spacial score (nSPS) is 10.3. The van der Waals surface area contributed by atoms with Crippen LogP contribution in [0.25, 0.3) is 0 Å². The van der Waals surface area contributed by atoms with Gasteiger partial charge in [0.05, 0.1) is 7.11 Å². The van der Waals surface area contributed by atoms with Gasteiger partial charge in [-0.05, 0) is 24.6 Å². The van der Waals surface area contributed by atoms with E-state index in [0.29, 0.717) is 12.2 Å². The zero-order valence-electron chi connectivity index (χ0n) is 20.8. The van der Waals surface area contributed by atoms with Crippen LogP contribution in [0.15, 0.2) is 72.9 Å². The average Bonchev–Trinajstić information content (AvgIpc) is 2.85. The van der Waals surface area contributed by atoms with Crippen LogP contribution in [0.5, 0.6) is 17.2 Å². The fourth-order valence-electron chi connectivity index (χ4n) is 2.73. The number of esters is 2. The molecule has 1 aromatic heterocycles. The smallest absolute Gasteiger partial charge is 0.308 e. The first-order chi connectivity index (χ1) is 17.2. The minimum Gasteiger partial charge on any atom is -0.508 e. The number of benzene rings is 2. The Kier molecular flexibility index (Phi) is 13.4. The van der Waals surface area contributed by atoms with Gasteiger partial charge in [-0.1, -0.05) is 55.5 Å². The van der Waals surface area contributed by atoms with E-state index >= 15 is 0 Å². The highest BCUT2D eigenvalue weighted by atomic mass is 16.6. The maximum absolute atomic E-state index is 11.0. The predicted octanol–water partition coefficient (Wildman–Crippen LogP) is 4.08. The lowest BCUT2D eigenvalue weighted by Gasteiger charge is -2.12. The number of nitrogens with zero attached hydrogens (tertiary/aromatic N) is 1. The van der Waals surface area contributed by atoms with Gasteiger partial charge >= 0.3 is 11.9 Å². The van der Waals surface area contributed by atoms with Crippen molar-refractivity contribution in [3.8, 4) is 17.2 Å². The summed E-state index contributed by atoms with van der Waals surface area (Å²) in [7, 11) is 1.38. The van der Waals surface area contributed by atoms with Gasteiger partial charge in [-0.3, -0.25) is 14.4 Å². The molecule has 0 spiro atoms. The number of nitrogens with two attached hydrogens (primary N) is 1. The van der Waals surface area contributed by atoms with Gasteiger partial charge < -0.3 is 25.1 Å². The highest BCUT2D eigenvalue weighted by Gasteiger charge is 2.18. The third-order valence-corrected chi connectivity index (χ3v) is 4.31. The molecule has 0 saturated carbocycles. The third-order valence-electron chi connectivity index (χ3n) is 4.31. The summed E-state index contributed by atoms with van der Waals surface area (Å²) in [6.07, 6.45) is 2.53. The molecule has 1 unspecified atom stereocenters. The van der Waals surface area contributed by atoms with E-state index in [2.05, 4.69) is 4.98 Å². The van der Waals surface area contributed by atoms with E-state index in [-0.39, 0.29) is 29.3 Å². The molecule has 9 heteroatoms. The molecule has 192 valence electrons. The van der Waals surface area contributed by atoms with Crippen LogP contribution in [0.2, 0.25) is 0 Å². The molecule has 0 saturated heterocycles. The van der Waals surface area contributed by atoms with Gasteiger partial charge in [-0.2, -0.15) is 0 Å². The number of phenols is 1. The van der Waals surface area contributed by atoms with E-state index in [1.54, 1.807) is 31.2 Å². The second kappa shape index (κ2) is 16.3. The molecule has 0 radical (unpaired) electrons. The van der Waals surface area contributed by atoms with Crippen LogP contribution >= 0.6 is 0 Å². The maximum atomic E-state index is 11.0. The average molecular weight is 497 g/mol. The number of methoxy groups -OCH3 is 1. The Morgan fingerprint density at radius 1 is 1.00 bits per heavy atom. The molecule has 36 heavy (non-hydrogen) atoms. The van der Waals surface area contributed by atoms with Crippen LogP contribution in [0.3, 0.4) is 0 Å². The second-order valence-corrected chi connectivity index (χ2v) is 7.33. The number of carbonyl (C=O) groups excluding carboxylic acids is 3. The van der Waals surface area contributed by atoms with Crippen LogP contribution in [-0.2, 0) is 20.7 Å². The number of aromatic nitrogens is 1. The molecule has 0 aliphatic heterocycles. The number of carbonyl (C=O) groups is 3. The number of amides is 1. The highest BCUT2D eigenvalue weighted by molar-refractivity contribution is 5.95. The molecule has 1 atom stereocenters. The summed E-state index contributed by atoms with van der Waals surface area (Å²) >= 11 is 0. The summed E-state index contributed by atoms with van der Waals surface area (Å²) in [4.78, 5) is 36.5. The van der Waals surface area contributed by atoms with Crippen LogP contribution < -0.4 is 15.2 Å². The van der Waals surface area contributed by atoms with Crippen molar-refractivity contribution in [2.45, 2.75) is 39.7 Å². The van der Waals surface area contributed by atoms with Gasteiger partial charge in [0.25, 0.3) is 5.91 Å². The third kappa shape index (κ3) is 11.6. The molecule has 1 heterocycles. The Labute approximate surface area is 210 Å². The summed E-state index contributed by atoms with van der Waals surface area (Å²) in [6, 6.07) is 20.2. The van der Waals surface area contributed by atoms with Crippen LogP contribution in [0.1, 0.15) is 43.2 Å². The fraction of sp³-hybridized carbons (Fsp3) is 0.259. The van der Waals surface area contributed by atoms with Gasteiger partial charge in [0.15, 0.2) is 11.4 Å². The lowest BCUT2D eigenvalue weighted by molar-refractivity contribution is -0.147. The number of phenolic OH excluding ortho intramolecular Hbond substituents is 1. The number of primary amides is 1. The monoisotopic (exact) mass is 496 g/mol. The van der Waals surface area contributed by atoms with Gasteiger partial charge in [0.2, 0.25) is 5.75 Å². The molecular formula is C27H32N2O7. The fourth-order valence-corrected chi connectivity index (χ4v) is 2.73. The van der Waals surface area contributed by atoms with E-state index in [0.717, 1.165) is 6.42 Å². The first-order valence-corrected chi connectivity index (χ1v) is 11.2. The standard InChI is InChI=1S/C12H16O2.C9H10N2O4.C6H6O/c1-3-12(13)14-10(2)9-11-7-5-4-6-8-11;1-5(12)15-8-6(14-2)3-4-11-7(8)9(10)13;7-6-4-2-1-3-5-6/h4-8,10H,3,9H2,1-2H3;3-4H,1-2H3,(H2,10,13);1-5,7H. The Morgan fingerprint density at radius 2 is 1.58 bits per heavy atom. The lowest BCUT2D eigenvalue weighted by Crippen LogP contribution is -2.16. The highest BCUT2D eigenvalue weighted by Crippen LogP contribution is 2.29. The summed E-state index contributed by atoms with van der Waals surface area (Å²) in [5.74, 6) is -1.00. The first-order valence-electron chi connectivity index (χ1n) is 11.2. The first kappa shape index (κ1) is 29.6. The molecular weight excluding hydrogens is 464 g/mol. The SMILES string of the molecule is CCC(=O)OC(C)Cc1ccccc1.COc1ccnc(C(N)=O)c1OC(C)=O.Oc1ccccc1. The Bertz CT molecular complexity index is 1090. The van der Waals surface area contributed by atoms with Crippen molar-refractivity contribution in [3.63, 3.8) is 0 Å². The van der Waals surface area contributed by atoms with E-state index in [4.69, 9.17) is 25.1 Å². The molecule has 3 N–H and O–H groups in total. The summed E-state index contributed by atoms with van der Waals surface area (Å²) in [5, 5.41) is 8.63. The molecule has 3 aromatic rings. The van der Waals surface area contributed by atoms with Crippen LogP contribution in [0, 0.1) is 0 Å². The number of rotatable bonds is 7. The topological polar surface area (TPSA) is 138 Å². The zero-order valence-corrected chi connectivity index (χ0v) is 20.8. The Morgan fingerprint density at radius 3 is 2.03 bits per heavy atom. The van der Waals surface area contributed by atoms with Crippen molar-refractivity contribution in [2.75, 3.05) is 7.11 Å². The Hall–Kier alpha value is -4.40. The van der Waals surface area contributed by atoms with Crippen LogP contribution in [0.4, 0.5) is 0 Å². The van der Waals surface area contributed by atoms with Crippen LogP contribution in [-0.4, -0.2) is 41.2 Å². The lowest BCUT2D eigenvalue weighted by atomic mass is 10.1. The van der Waals surface area contributed by atoms with Crippen molar-refractivity contribution < 1.29 is 33.7 Å². The summed E-state index contributed by atoms with van der Waals surface area (Å²) < 4.78 is 14.9. The molecule has 0 aliphatic carbocycles. The Balaban J connectivity index is 0.000000287. The van der Waals surface area contributed by atoms with Gasteiger partial charge in [0.1, 0.15) is 11.9 Å². The minimum atomic E-state index is -0.787.